The summed E-state index contributed by atoms with van der Waals surface area (Å²) in [6.07, 6.45) is 0.864. The molecule has 2 aromatic rings. The molecular formula is C16H15FO. The second kappa shape index (κ2) is 4.73. The molecule has 0 radical (unpaired) electrons. The number of benzene rings is 2. The van der Waals surface area contributed by atoms with Gasteiger partial charge in [0, 0.05) is 5.56 Å². The van der Waals surface area contributed by atoms with Crippen molar-refractivity contribution in [2.45, 2.75) is 20.8 Å². The summed E-state index contributed by atoms with van der Waals surface area (Å²) in [5.74, 6) is -0.226. The minimum atomic E-state index is -0.226. The number of rotatable bonds is 2. The van der Waals surface area contributed by atoms with Crippen LogP contribution < -0.4 is 0 Å². The van der Waals surface area contributed by atoms with Gasteiger partial charge in [0.1, 0.15) is 5.82 Å². The number of hydrogen-bond acceptors (Lipinski definition) is 1. The van der Waals surface area contributed by atoms with Gasteiger partial charge in [-0.1, -0.05) is 23.8 Å². The second-order valence-corrected chi connectivity index (χ2v) is 4.62. The third-order valence-electron chi connectivity index (χ3n) is 3.12. The van der Waals surface area contributed by atoms with E-state index in [1.807, 2.05) is 26.0 Å². The van der Waals surface area contributed by atoms with E-state index in [1.54, 1.807) is 19.1 Å². The van der Waals surface area contributed by atoms with E-state index in [9.17, 15) is 9.18 Å². The predicted octanol–water partition coefficient (Wildman–Crippen LogP) is 4.23. The van der Waals surface area contributed by atoms with Crippen molar-refractivity contribution in [2.24, 2.45) is 0 Å². The molecule has 0 spiro atoms. The summed E-state index contributed by atoms with van der Waals surface area (Å²) in [4.78, 5) is 11.2. The third-order valence-corrected chi connectivity index (χ3v) is 3.12. The Morgan fingerprint density at radius 1 is 1.00 bits per heavy atom. The summed E-state index contributed by atoms with van der Waals surface area (Å²) < 4.78 is 13.3. The molecule has 2 aromatic carbocycles. The molecule has 2 rings (SSSR count). The maximum absolute atomic E-state index is 13.3. The van der Waals surface area contributed by atoms with Crippen molar-refractivity contribution in [2.75, 3.05) is 0 Å². The van der Waals surface area contributed by atoms with Crippen LogP contribution in [0.25, 0.3) is 11.1 Å². The molecule has 0 heterocycles. The minimum Gasteiger partial charge on any atom is -0.298 e. The molecule has 1 nitrogen and oxygen atoms in total. The maximum atomic E-state index is 13.3. The second-order valence-electron chi connectivity index (χ2n) is 4.62. The van der Waals surface area contributed by atoms with Crippen LogP contribution in [0.5, 0.6) is 0 Å². The Morgan fingerprint density at radius 3 is 2.33 bits per heavy atom. The van der Waals surface area contributed by atoms with Crippen LogP contribution in [0.2, 0.25) is 0 Å². The van der Waals surface area contributed by atoms with Gasteiger partial charge in [0.2, 0.25) is 0 Å². The minimum absolute atomic E-state index is 0.226. The molecule has 0 saturated carbocycles. The van der Waals surface area contributed by atoms with Gasteiger partial charge >= 0.3 is 0 Å². The highest BCUT2D eigenvalue weighted by atomic mass is 19.1. The Hall–Kier alpha value is -1.96. The number of halogens is 1. The molecule has 0 aliphatic heterocycles. The first-order valence-corrected chi connectivity index (χ1v) is 5.86. The van der Waals surface area contributed by atoms with Gasteiger partial charge in [0.05, 0.1) is 0 Å². The maximum Gasteiger partial charge on any atom is 0.150 e. The van der Waals surface area contributed by atoms with Crippen LogP contribution in [-0.2, 0) is 0 Å². The summed E-state index contributed by atoms with van der Waals surface area (Å²) in [5, 5.41) is 0. The van der Waals surface area contributed by atoms with Crippen LogP contribution in [0.15, 0.2) is 30.3 Å². The zero-order valence-corrected chi connectivity index (χ0v) is 10.8. The zero-order chi connectivity index (χ0) is 13.3. The van der Waals surface area contributed by atoms with E-state index in [1.165, 1.54) is 6.07 Å². The molecule has 0 aliphatic carbocycles. The van der Waals surface area contributed by atoms with Gasteiger partial charge in [-0.15, -0.1) is 0 Å². The normalized spacial score (nSPS) is 10.4. The fraction of sp³-hybridized carbons (Fsp3) is 0.188. The average Bonchev–Trinajstić information content (AvgIpc) is 2.32. The molecule has 92 valence electrons. The smallest absolute Gasteiger partial charge is 0.150 e. The Morgan fingerprint density at radius 2 is 1.72 bits per heavy atom. The summed E-state index contributed by atoms with van der Waals surface area (Å²) in [5.41, 5.74) is 5.04. The third kappa shape index (κ3) is 2.19. The lowest BCUT2D eigenvalue weighted by Crippen LogP contribution is -1.94. The number of aldehydes is 1. The molecule has 0 aliphatic rings. The monoisotopic (exact) mass is 242 g/mol. The summed E-state index contributed by atoms with van der Waals surface area (Å²) in [6.45, 7) is 5.63. The van der Waals surface area contributed by atoms with Crippen molar-refractivity contribution < 1.29 is 9.18 Å². The Kier molecular flexibility index (Phi) is 3.28. The quantitative estimate of drug-likeness (QED) is 0.720. The van der Waals surface area contributed by atoms with Crippen molar-refractivity contribution in [3.05, 3.63) is 58.4 Å². The fourth-order valence-corrected chi connectivity index (χ4v) is 2.19. The van der Waals surface area contributed by atoms with E-state index < -0.39 is 0 Å². The SMILES string of the molecule is Cc1cc(C)c(C=O)c(-c2ccc(F)c(C)c2)c1. The Bertz CT molecular complexity index is 615. The van der Waals surface area contributed by atoms with Gasteiger partial charge < -0.3 is 0 Å². The van der Waals surface area contributed by atoms with Crippen molar-refractivity contribution in [1.82, 2.24) is 0 Å². The summed E-state index contributed by atoms with van der Waals surface area (Å²) in [6, 6.07) is 8.87. The van der Waals surface area contributed by atoms with Crippen molar-refractivity contribution >= 4 is 6.29 Å². The van der Waals surface area contributed by atoms with Crippen LogP contribution in [0, 0.1) is 26.6 Å². The molecule has 0 N–H and O–H groups in total. The fourth-order valence-electron chi connectivity index (χ4n) is 2.19. The van der Waals surface area contributed by atoms with Gasteiger partial charge in [-0.05, 0) is 55.2 Å². The van der Waals surface area contributed by atoms with Crippen LogP contribution in [-0.4, -0.2) is 6.29 Å². The highest BCUT2D eigenvalue weighted by molar-refractivity contribution is 5.89. The number of carbonyl (C=O) groups excluding carboxylic acids is 1. The van der Waals surface area contributed by atoms with Gasteiger partial charge in [-0.25, -0.2) is 4.39 Å². The van der Waals surface area contributed by atoms with E-state index >= 15 is 0 Å². The van der Waals surface area contributed by atoms with Crippen molar-refractivity contribution in [3.8, 4) is 11.1 Å². The van der Waals surface area contributed by atoms with Crippen LogP contribution in [0.3, 0.4) is 0 Å². The van der Waals surface area contributed by atoms with E-state index in [2.05, 4.69) is 0 Å². The lowest BCUT2D eigenvalue weighted by atomic mass is 9.93. The zero-order valence-electron chi connectivity index (χ0n) is 10.8. The lowest BCUT2D eigenvalue weighted by Gasteiger charge is -2.10. The largest absolute Gasteiger partial charge is 0.298 e. The number of aryl methyl sites for hydroxylation is 3. The standard InChI is InChI=1S/C16H15FO/c1-10-6-11(2)15(9-18)14(7-10)13-4-5-16(17)12(3)8-13/h4-9H,1-3H3. The highest BCUT2D eigenvalue weighted by Crippen LogP contribution is 2.28. The van der Waals surface area contributed by atoms with E-state index in [4.69, 9.17) is 0 Å². The molecule has 0 aromatic heterocycles. The number of carbonyl (C=O) groups is 1. The first kappa shape index (κ1) is 12.5. The first-order chi connectivity index (χ1) is 8.52. The van der Waals surface area contributed by atoms with E-state index in [0.29, 0.717) is 11.1 Å². The lowest BCUT2D eigenvalue weighted by molar-refractivity contribution is 0.112. The molecule has 0 atom stereocenters. The molecule has 0 unspecified atom stereocenters. The summed E-state index contributed by atoms with van der Waals surface area (Å²) in [7, 11) is 0. The topological polar surface area (TPSA) is 17.1 Å². The van der Waals surface area contributed by atoms with Crippen molar-refractivity contribution in [3.63, 3.8) is 0 Å². The van der Waals surface area contributed by atoms with Crippen molar-refractivity contribution in [1.29, 1.82) is 0 Å². The molecule has 0 saturated heterocycles. The van der Waals surface area contributed by atoms with Gasteiger partial charge in [-0.3, -0.25) is 4.79 Å². The molecule has 2 heteroatoms. The van der Waals surface area contributed by atoms with Gasteiger partial charge in [0.15, 0.2) is 6.29 Å². The van der Waals surface area contributed by atoms with E-state index in [-0.39, 0.29) is 5.82 Å². The van der Waals surface area contributed by atoms with Crippen LogP contribution in [0.1, 0.15) is 27.0 Å². The Balaban J connectivity index is 2.69. The van der Waals surface area contributed by atoms with Crippen LogP contribution >= 0.6 is 0 Å². The first-order valence-electron chi connectivity index (χ1n) is 5.86. The molecule has 0 amide bonds. The molecular weight excluding hydrogens is 227 g/mol. The summed E-state index contributed by atoms with van der Waals surface area (Å²) >= 11 is 0. The van der Waals surface area contributed by atoms with Gasteiger partial charge in [-0.2, -0.15) is 0 Å². The van der Waals surface area contributed by atoms with E-state index in [0.717, 1.165) is 28.5 Å². The number of hydrogen-bond donors (Lipinski definition) is 0. The highest BCUT2D eigenvalue weighted by Gasteiger charge is 2.09. The van der Waals surface area contributed by atoms with Gasteiger partial charge in [0.25, 0.3) is 0 Å². The van der Waals surface area contributed by atoms with Crippen LogP contribution in [0.4, 0.5) is 4.39 Å². The molecule has 0 bridgehead atoms. The average molecular weight is 242 g/mol. The predicted molar refractivity (Wildman–Crippen MR) is 71.4 cm³/mol. The molecule has 0 fully saturated rings. The molecule has 18 heavy (non-hydrogen) atoms. The Labute approximate surface area is 106 Å².